The molecule has 7 nitrogen and oxygen atoms in total. The molecule has 1 aromatic rings. The summed E-state index contributed by atoms with van der Waals surface area (Å²) in [5.41, 5.74) is 1.30. The minimum absolute atomic E-state index is 0.0178. The van der Waals surface area contributed by atoms with Crippen molar-refractivity contribution in [2.75, 3.05) is 10.2 Å². The summed E-state index contributed by atoms with van der Waals surface area (Å²) in [6.45, 7) is 6.67. The molecule has 0 unspecified atom stereocenters. The van der Waals surface area contributed by atoms with Gasteiger partial charge < -0.3 is 15.5 Å². The summed E-state index contributed by atoms with van der Waals surface area (Å²) in [6.07, 6.45) is -3.20. The fourth-order valence-electron chi connectivity index (χ4n) is 1.46. The third-order valence-corrected chi connectivity index (χ3v) is 2.49. The van der Waals surface area contributed by atoms with E-state index in [4.69, 9.17) is 10.2 Å². The highest BCUT2D eigenvalue weighted by Crippen LogP contribution is 2.23. The molecule has 0 fully saturated rings. The topological polar surface area (TPSA) is 107 Å². The van der Waals surface area contributed by atoms with E-state index in [0.717, 1.165) is 0 Å². The average molecular weight is 278 g/mol. The van der Waals surface area contributed by atoms with Gasteiger partial charge in [0.2, 0.25) is 0 Å². The van der Waals surface area contributed by atoms with E-state index < -0.39 is 12.2 Å². The maximum absolute atomic E-state index is 11.5. The minimum Gasteiger partial charge on any atom is -0.464 e. The van der Waals surface area contributed by atoms with E-state index >= 15 is 0 Å². The van der Waals surface area contributed by atoms with Crippen LogP contribution in [-0.2, 0) is 4.79 Å². The first-order valence-corrected chi connectivity index (χ1v) is 5.57. The zero-order valence-corrected chi connectivity index (χ0v) is 11.0. The van der Waals surface area contributed by atoms with Crippen molar-refractivity contribution in [3.63, 3.8) is 0 Å². The van der Waals surface area contributed by atoms with Crippen molar-refractivity contribution in [3.05, 3.63) is 35.9 Å². The van der Waals surface area contributed by atoms with Crippen LogP contribution < -0.4 is 10.2 Å². The predicted octanol–water partition coefficient (Wildman–Crippen LogP) is 2.67. The second-order valence-electron chi connectivity index (χ2n) is 4.13. The molecule has 0 radical (unpaired) electrons. The Bertz CT molecular complexity index is 580. The summed E-state index contributed by atoms with van der Waals surface area (Å²) >= 11 is 0. The molecule has 1 rings (SSSR count). The van der Waals surface area contributed by atoms with Crippen LogP contribution in [0.3, 0.4) is 0 Å². The monoisotopic (exact) mass is 278 g/mol. The molecule has 106 valence electrons. The Balaban J connectivity index is 3.09. The highest BCUT2D eigenvalue weighted by Gasteiger charge is 2.22. The van der Waals surface area contributed by atoms with Crippen LogP contribution in [0.1, 0.15) is 12.5 Å². The van der Waals surface area contributed by atoms with Crippen LogP contribution in [0.2, 0.25) is 0 Å². The Morgan fingerprint density at radius 3 is 2.15 bits per heavy atom. The SMILES string of the molecule is C=C(C)C(=O)Nc1ccc(N(C(=O)O)C(=O)O)cc1C. The Labute approximate surface area is 115 Å². The number of imide groups is 1. The van der Waals surface area contributed by atoms with E-state index in [-0.39, 0.29) is 16.5 Å². The third kappa shape index (κ3) is 3.35. The highest BCUT2D eigenvalue weighted by atomic mass is 16.4. The Morgan fingerprint density at radius 2 is 1.75 bits per heavy atom. The van der Waals surface area contributed by atoms with Crippen molar-refractivity contribution < 1.29 is 24.6 Å². The molecular formula is C13H14N2O5. The second-order valence-corrected chi connectivity index (χ2v) is 4.13. The van der Waals surface area contributed by atoms with Crippen molar-refractivity contribution in [3.8, 4) is 0 Å². The van der Waals surface area contributed by atoms with Crippen LogP contribution in [0.15, 0.2) is 30.4 Å². The molecule has 0 bridgehead atoms. The highest BCUT2D eigenvalue weighted by molar-refractivity contribution is 6.08. The van der Waals surface area contributed by atoms with Crippen molar-refractivity contribution >= 4 is 29.5 Å². The number of nitrogens with zero attached hydrogens (tertiary/aromatic N) is 1. The summed E-state index contributed by atoms with van der Waals surface area (Å²) in [5, 5.41) is 20.3. The summed E-state index contributed by atoms with van der Waals surface area (Å²) in [4.78, 5) is 33.4. The average Bonchev–Trinajstić information content (AvgIpc) is 2.31. The number of carboxylic acid groups (broad SMARTS) is 2. The molecule has 0 atom stereocenters. The number of nitrogens with one attached hydrogen (secondary N) is 1. The number of aryl methyl sites for hydroxylation is 1. The first-order valence-electron chi connectivity index (χ1n) is 5.57. The van der Waals surface area contributed by atoms with Crippen LogP contribution in [0.5, 0.6) is 0 Å². The summed E-state index contributed by atoms with van der Waals surface area (Å²) in [5.74, 6) is -0.367. The van der Waals surface area contributed by atoms with Gasteiger partial charge in [-0.05, 0) is 37.6 Å². The van der Waals surface area contributed by atoms with E-state index in [2.05, 4.69) is 11.9 Å². The fraction of sp³-hybridized carbons (Fsp3) is 0.154. The smallest absolute Gasteiger partial charge is 0.421 e. The first-order chi connectivity index (χ1) is 9.23. The summed E-state index contributed by atoms with van der Waals surface area (Å²) in [6, 6.07) is 4.09. The number of amides is 3. The molecule has 3 amide bonds. The number of rotatable bonds is 3. The van der Waals surface area contributed by atoms with E-state index in [1.807, 2.05) is 0 Å². The Kier molecular flexibility index (Phi) is 4.47. The van der Waals surface area contributed by atoms with Crippen LogP contribution in [0, 0.1) is 6.92 Å². The van der Waals surface area contributed by atoms with Gasteiger partial charge in [0.1, 0.15) is 0 Å². The zero-order valence-electron chi connectivity index (χ0n) is 11.0. The van der Waals surface area contributed by atoms with Crippen LogP contribution in [0.4, 0.5) is 21.0 Å². The molecule has 0 aliphatic carbocycles. The molecule has 0 aliphatic rings. The molecule has 1 aromatic carbocycles. The Morgan fingerprint density at radius 1 is 1.20 bits per heavy atom. The second kappa shape index (κ2) is 5.87. The van der Waals surface area contributed by atoms with E-state index in [0.29, 0.717) is 16.8 Å². The lowest BCUT2D eigenvalue weighted by Gasteiger charge is -2.16. The number of anilines is 2. The Hall–Kier alpha value is -2.83. The van der Waals surface area contributed by atoms with Gasteiger partial charge in [-0.3, -0.25) is 4.79 Å². The van der Waals surface area contributed by atoms with Crippen LogP contribution >= 0.6 is 0 Å². The van der Waals surface area contributed by atoms with Gasteiger partial charge in [0, 0.05) is 11.3 Å². The zero-order chi connectivity index (χ0) is 15.4. The predicted molar refractivity (Wildman–Crippen MR) is 73.2 cm³/mol. The number of carbonyl (C=O) groups is 3. The first kappa shape index (κ1) is 15.2. The molecule has 7 heteroatoms. The number of hydrogen-bond acceptors (Lipinski definition) is 3. The lowest BCUT2D eigenvalue weighted by atomic mass is 10.1. The van der Waals surface area contributed by atoms with Gasteiger partial charge in [0.05, 0.1) is 5.69 Å². The molecular weight excluding hydrogens is 264 g/mol. The number of benzene rings is 1. The van der Waals surface area contributed by atoms with E-state index in [1.165, 1.54) is 18.2 Å². The maximum atomic E-state index is 11.5. The molecule has 0 aromatic heterocycles. The van der Waals surface area contributed by atoms with Gasteiger partial charge in [0.15, 0.2) is 0 Å². The number of carbonyl (C=O) groups excluding carboxylic acids is 1. The van der Waals surface area contributed by atoms with E-state index in [1.54, 1.807) is 13.8 Å². The van der Waals surface area contributed by atoms with Gasteiger partial charge >= 0.3 is 12.2 Å². The van der Waals surface area contributed by atoms with Crippen molar-refractivity contribution in [2.45, 2.75) is 13.8 Å². The van der Waals surface area contributed by atoms with Crippen molar-refractivity contribution in [2.24, 2.45) is 0 Å². The van der Waals surface area contributed by atoms with Gasteiger partial charge in [-0.15, -0.1) is 0 Å². The third-order valence-electron chi connectivity index (χ3n) is 2.49. The quantitative estimate of drug-likeness (QED) is 0.737. The molecule has 20 heavy (non-hydrogen) atoms. The van der Waals surface area contributed by atoms with Gasteiger partial charge in [-0.1, -0.05) is 6.58 Å². The lowest BCUT2D eigenvalue weighted by molar-refractivity contribution is -0.112. The standard InChI is InChI=1S/C13H14N2O5/c1-7(2)11(16)14-10-5-4-9(6-8(10)3)15(12(17)18)13(19)20/h4-6H,1H2,2-3H3,(H,14,16)(H,17,18)(H,19,20). The van der Waals surface area contributed by atoms with Gasteiger partial charge in [-0.2, -0.15) is 4.90 Å². The lowest BCUT2D eigenvalue weighted by Crippen LogP contribution is -2.34. The van der Waals surface area contributed by atoms with Gasteiger partial charge in [-0.25, -0.2) is 9.59 Å². The van der Waals surface area contributed by atoms with Crippen molar-refractivity contribution in [1.82, 2.24) is 0 Å². The molecule has 0 spiro atoms. The molecule has 0 saturated carbocycles. The number of hydrogen-bond donors (Lipinski definition) is 3. The van der Waals surface area contributed by atoms with Gasteiger partial charge in [0.25, 0.3) is 5.91 Å². The fourth-order valence-corrected chi connectivity index (χ4v) is 1.46. The van der Waals surface area contributed by atoms with Crippen LogP contribution in [-0.4, -0.2) is 28.3 Å². The largest absolute Gasteiger partial charge is 0.464 e. The van der Waals surface area contributed by atoms with E-state index in [9.17, 15) is 14.4 Å². The molecule has 3 N–H and O–H groups in total. The molecule has 0 saturated heterocycles. The summed E-state index contributed by atoms with van der Waals surface area (Å²) in [7, 11) is 0. The molecule has 0 aliphatic heterocycles. The maximum Gasteiger partial charge on any atom is 0.421 e. The normalized spacial score (nSPS) is 9.70. The summed E-state index contributed by atoms with van der Waals surface area (Å²) < 4.78 is 0. The van der Waals surface area contributed by atoms with Crippen LogP contribution in [0.25, 0.3) is 0 Å². The molecule has 0 heterocycles. The van der Waals surface area contributed by atoms with Crippen molar-refractivity contribution in [1.29, 1.82) is 0 Å². The minimum atomic E-state index is -1.60.